The Labute approximate surface area is 123 Å². The first kappa shape index (κ1) is 15.4. The summed E-state index contributed by atoms with van der Waals surface area (Å²) in [7, 11) is -0.291. The lowest BCUT2D eigenvalue weighted by Gasteiger charge is -2.32. The van der Waals surface area contributed by atoms with Crippen LogP contribution in [0.3, 0.4) is 0 Å². The first-order valence-corrected chi connectivity index (χ1v) is 7.41. The summed E-state index contributed by atoms with van der Waals surface area (Å²) in [4.78, 5) is 0. The van der Waals surface area contributed by atoms with Crippen LogP contribution in [0.2, 0.25) is 0 Å². The van der Waals surface area contributed by atoms with Crippen molar-refractivity contribution in [1.29, 1.82) is 0 Å². The van der Waals surface area contributed by atoms with E-state index < -0.39 is 0 Å². The van der Waals surface area contributed by atoms with Gasteiger partial charge in [0.25, 0.3) is 0 Å². The molecule has 0 saturated carbocycles. The third-order valence-corrected chi connectivity index (χ3v) is 4.13. The molecular weight excluding hydrogens is 249 g/mol. The van der Waals surface area contributed by atoms with Crippen LogP contribution in [0.5, 0.6) is 0 Å². The van der Waals surface area contributed by atoms with E-state index in [9.17, 15) is 0 Å². The fourth-order valence-electron chi connectivity index (χ4n) is 2.10. The van der Waals surface area contributed by atoms with Crippen LogP contribution in [0.15, 0.2) is 24.3 Å². The summed E-state index contributed by atoms with van der Waals surface area (Å²) in [5.41, 5.74) is 1.60. The van der Waals surface area contributed by atoms with Crippen molar-refractivity contribution in [2.75, 3.05) is 11.9 Å². The summed E-state index contributed by atoms with van der Waals surface area (Å²) in [6.07, 6.45) is 0. The minimum Gasteiger partial charge on any atom is -0.399 e. The van der Waals surface area contributed by atoms with Gasteiger partial charge in [0.2, 0.25) is 0 Å². The second kappa shape index (κ2) is 5.42. The fourth-order valence-corrected chi connectivity index (χ4v) is 2.10. The maximum Gasteiger partial charge on any atom is 0.494 e. The van der Waals surface area contributed by atoms with E-state index in [0.717, 1.165) is 17.7 Å². The lowest BCUT2D eigenvalue weighted by molar-refractivity contribution is 0.00578. The van der Waals surface area contributed by atoms with Gasteiger partial charge in [0.15, 0.2) is 0 Å². The molecule has 2 rings (SSSR count). The first-order chi connectivity index (χ1) is 9.21. The number of rotatable bonds is 4. The normalized spacial score (nSPS) is 20.4. The molecule has 0 bridgehead atoms. The Morgan fingerprint density at radius 1 is 1.10 bits per heavy atom. The van der Waals surface area contributed by atoms with Gasteiger partial charge in [0.05, 0.1) is 11.2 Å². The van der Waals surface area contributed by atoms with Crippen LogP contribution in [-0.2, 0) is 9.31 Å². The average molecular weight is 275 g/mol. The number of nitrogens with one attached hydrogen (secondary N) is 1. The summed E-state index contributed by atoms with van der Waals surface area (Å²) in [5.74, 6) is 0.621. The van der Waals surface area contributed by atoms with Gasteiger partial charge in [0, 0.05) is 12.2 Å². The molecule has 4 heteroatoms. The minimum absolute atomic E-state index is 0.291. The maximum absolute atomic E-state index is 6.08. The van der Waals surface area contributed by atoms with Crippen LogP contribution in [0.4, 0.5) is 5.69 Å². The summed E-state index contributed by atoms with van der Waals surface area (Å²) >= 11 is 0. The van der Waals surface area contributed by atoms with Gasteiger partial charge in [-0.15, -0.1) is 0 Å². The fraction of sp³-hybridized carbons (Fsp3) is 0.625. The molecule has 110 valence electrons. The van der Waals surface area contributed by atoms with Crippen LogP contribution < -0.4 is 10.8 Å². The summed E-state index contributed by atoms with van der Waals surface area (Å²) in [6, 6.07) is 8.30. The molecular formula is C16H26BNO2. The van der Waals surface area contributed by atoms with Crippen molar-refractivity contribution in [3.8, 4) is 0 Å². The highest BCUT2D eigenvalue weighted by molar-refractivity contribution is 6.62. The van der Waals surface area contributed by atoms with Gasteiger partial charge in [-0.2, -0.15) is 0 Å². The Morgan fingerprint density at radius 3 is 2.25 bits per heavy atom. The molecule has 0 aromatic heterocycles. The molecule has 0 spiro atoms. The largest absolute Gasteiger partial charge is 0.494 e. The number of anilines is 1. The predicted octanol–water partition coefficient (Wildman–Crippen LogP) is 3.05. The molecule has 1 aliphatic rings. The second-order valence-corrected chi connectivity index (χ2v) is 6.99. The second-order valence-electron chi connectivity index (χ2n) is 6.99. The van der Waals surface area contributed by atoms with Gasteiger partial charge in [-0.3, -0.25) is 0 Å². The Morgan fingerprint density at radius 2 is 1.70 bits per heavy atom. The van der Waals surface area contributed by atoms with E-state index in [1.54, 1.807) is 0 Å². The Kier molecular flexibility index (Phi) is 4.17. The van der Waals surface area contributed by atoms with Gasteiger partial charge >= 0.3 is 7.12 Å². The highest BCUT2D eigenvalue weighted by Gasteiger charge is 2.51. The number of benzene rings is 1. The third-order valence-electron chi connectivity index (χ3n) is 4.13. The molecule has 0 unspecified atom stereocenters. The van der Waals surface area contributed by atoms with Gasteiger partial charge in [-0.25, -0.2) is 0 Å². The van der Waals surface area contributed by atoms with Crippen LogP contribution in [-0.4, -0.2) is 24.9 Å². The molecule has 1 aromatic rings. The van der Waals surface area contributed by atoms with Crippen molar-refractivity contribution >= 4 is 18.3 Å². The zero-order valence-corrected chi connectivity index (χ0v) is 13.5. The molecule has 3 nitrogen and oxygen atoms in total. The monoisotopic (exact) mass is 275 g/mol. The molecule has 1 aliphatic heterocycles. The molecule has 0 atom stereocenters. The van der Waals surface area contributed by atoms with E-state index in [4.69, 9.17) is 9.31 Å². The SMILES string of the molecule is CC(C)CNc1cccc(B2OC(C)(C)C(C)(C)O2)c1. The van der Waals surface area contributed by atoms with E-state index >= 15 is 0 Å². The van der Waals surface area contributed by atoms with Crippen molar-refractivity contribution in [2.45, 2.75) is 52.7 Å². The smallest absolute Gasteiger partial charge is 0.399 e. The maximum atomic E-state index is 6.08. The van der Waals surface area contributed by atoms with E-state index in [0.29, 0.717) is 5.92 Å². The predicted molar refractivity (Wildman–Crippen MR) is 85.5 cm³/mol. The summed E-state index contributed by atoms with van der Waals surface area (Å²) in [6.45, 7) is 13.7. The molecule has 20 heavy (non-hydrogen) atoms. The molecule has 1 N–H and O–H groups in total. The number of hydrogen-bond donors (Lipinski definition) is 1. The van der Waals surface area contributed by atoms with Crippen LogP contribution in [0, 0.1) is 5.92 Å². The van der Waals surface area contributed by atoms with Crippen molar-refractivity contribution < 1.29 is 9.31 Å². The van der Waals surface area contributed by atoms with Gasteiger partial charge in [0.1, 0.15) is 0 Å². The summed E-state index contributed by atoms with van der Waals surface area (Å²) < 4.78 is 12.2. The third kappa shape index (κ3) is 3.18. The lowest BCUT2D eigenvalue weighted by Crippen LogP contribution is -2.41. The van der Waals surface area contributed by atoms with Crippen LogP contribution >= 0.6 is 0 Å². The minimum atomic E-state index is -0.293. The van der Waals surface area contributed by atoms with Crippen molar-refractivity contribution in [2.24, 2.45) is 5.92 Å². The Bertz CT molecular complexity index is 455. The number of hydrogen-bond acceptors (Lipinski definition) is 3. The Hall–Kier alpha value is -0.995. The molecule has 1 fully saturated rings. The zero-order chi connectivity index (χ0) is 15.0. The average Bonchev–Trinajstić information content (AvgIpc) is 2.56. The molecule has 0 amide bonds. The van der Waals surface area contributed by atoms with Crippen LogP contribution in [0.1, 0.15) is 41.5 Å². The van der Waals surface area contributed by atoms with E-state index in [1.807, 2.05) is 6.07 Å². The standard InChI is InChI=1S/C16H26BNO2/c1-12(2)11-18-14-9-7-8-13(10-14)17-19-15(3,4)16(5,6)20-17/h7-10,12,18H,11H2,1-6H3. The van der Waals surface area contributed by atoms with Gasteiger partial charge < -0.3 is 14.6 Å². The molecule has 0 aliphatic carbocycles. The van der Waals surface area contributed by atoms with Crippen molar-refractivity contribution in [3.05, 3.63) is 24.3 Å². The lowest BCUT2D eigenvalue weighted by atomic mass is 9.79. The van der Waals surface area contributed by atoms with Crippen LogP contribution in [0.25, 0.3) is 0 Å². The van der Waals surface area contributed by atoms with Crippen molar-refractivity contribution in [1.82, 2.24) is 0 Å². The van der Waals surface area contributed by atoms with Crippen molar-refractivity contribution in [3.63, 3.8) is 0 Å². The molecule has 0 radical (unpaired) electrons. The highest BCUT2D eigenvalue weighted by atomic mass is 16.7. The topological polar surface area (TPSA) is 30.5 Å². The van der Waals surface area contributed by atoms with E-state index in [2.05, 4.69) is 65.1 Å². The highest BCUT2D eigenvalue weighted by Crippen LogP contribution is 2.36. The first-order valence-electron chi connectivity index (χ1n) is 7.41. The molecule has 1 heterocycles. The summed E-state index contributed by atoms with van der Waals surface area (Å²) in [5, 5.41) is 3.44. The molecule has 1 aromatic carbocycles. The van der Waals surface area contributed by atoms with E-state index in [1.165, 1.54) is 0 Å². The van der Waals surface area contributed by atoms with E-state index in [-0.39, 0.29) is 18.3 Å². The van der Waals surface area contributed by atoms with Gasteiger partial charge in [-0.05, 0) is 51.2 Å². The molecule has 1 saturated heterocycles. The zero-order valence-electron chi connectivity index (χ0n) is 13.5. The van der Waals surface area contributed by atoms with Gasteiger partial charge in [-0.1, -0.05) is 26.0 Å². The quantitative estimate of drug-likeness (QED) is 0.857. The Balaban J connectivity index is 2.12.